The van der Waals surface area contributed by atoms with Crippen molar-refractivity contribution >= 4 is 34.5 Å². The van der Waals surface area contributed by atoms with Crippen molar-refractivity contribution < 1.29 is 13.5 Å². The SMILES string of the molecule is NC(=S)c1ccc(NCCOCC(F)F)c(Cl)c1. The fraction of sp³-hybridized carbons (Fsp3) is 0.364. The lowest BCUT2D eigenvalue weighted by atomic mass is 10.2. The summed E-state index contributed by atoms with van der Waals surface area (Å²) in [7, 11) is 0. The maximum Gasteiger partial charge on any atom is 0.261 e. The van der Waals surface area contributed by atoms with Gasteiger partial charge in [-0.1, -0.05) is 23.8 Å². The molecule has 7 heteroatoms. The minimum atomic E-state index is -2.45. The third-order valence-corrected chi connectivity index (χ3v) is 2.61. The Kier molecular flexibility index (Phi) is 6.24. The Morgan fingerprint density at radius 2 is 2.22 bits per heavy atom. The Balaban J connectivity index is 2.41. The molecule has 0 saturated carbocycles. The van der Waals surface area contributed by atoms with Crippen LogP contribution >= 0.6 is 23.8 Å². The molecule has 0 unspecified atom stereocenters. The number of nitrogens with one attached hydrogen (secondary N) is 1. The van der Waals surface area contributed by atoms with E-state index in [0.717, 1.165) is 0 Å². The monoisotopic (exact) mass is 294 g/mol. The summed E-state index contributed by atoms with van der Waals surface area (Å²) in [5, 5.41) is 3.43. The van der Waals surface area contributed by atoms with Crippen LogP contribution in [-0.2, 0) is 4.74 Å². The molecule has 3 nitrogen and oxygen atoms in total. The summed E-state index contributed by atoms with van der Waals surface area (Å²) in [6.07, 6.45) is -2.45. The second-order valence-corrected chi connectivity index (χ2v) is 4.30. The van der Waals surface area contributed by atoms with E-state index in [4.69, 9.17) is 34.3 Å². The van der Waals surface area contributed by atoms with E-state index in [-0.39, 0.29) is 11.6 Å². The molecule has 0 atom stereocenters. The molecule has 0 amide bonds. The maximum atomic E-state index is 11.8. The van der Waals surface area contributed by atoms with Gasteiger partial charge in [0.25, 0.3) is 6.43 Å². The topological polar surface area (TPSA) is 47.3 Å². The number of alkyl halides is 2. The zero-order valence-electron chi connectivity index (χ0n) is 9.46. The second-order valence-electron chi connectivity index (χ2n) is 3.45. The number of anilines is 1. The third kappa shape index (κ3) is 5.12. The normalized spacial score (nSPS) is 10.7. The molecule has 1 rings (SSSR count). The van der Waals surface area contributed by atoms with Gasteiger partial charge in [0.2, 0.25) is 0 Å². The molecule has 0 aliphatic carbocycles. The molecule has 0 aromatic heterocycles. The molecule has 0 bridgehead atoms. The molecule has 18 heavy (non-hydrogen) atoms. The number of rotatable bonds is 7. The van der Waals surface area contributed by atoms with Crippen molar-refractivity contribution in [3.63, 3.8) is 0 Å². The third-order valence-electron chi connectivity index (χ3n) is 2.06. The predicted octanol–water partition coefficient (Wildman–Crippen LogP) is 2.67. The lowest BCUT2D eigenvalue weighted by molar-refractivity contribution is 0.0215. The fourth-order valence-electron chi connectivity index (χ4n) is 1.24. The van der Waals surface area contributed by atoms with E-state index < -0.39 is 13.0 Å². The highest BCUT2D eigenvalue weighted by Gasteiger charge is 2.04. The summed E-state index contributed by atoms with van der Waals surface area (Å²) in [6.45, 7) is 0.00632. The first-order valence-electron chi connectivity index (χ1n) is 5.20. The molecular weight excluding hydrogens is 282 g/mol. The van der Waals surface area contributed by atoms with E-state index in [1.165, 1.54) is 0 Å². The summed E-state index contributed by atoms with van der Waals surface area (Å²) in [5.41, 5.74) is 6.82. The van der Waals surface area contributed by atoms with Crippen LogP contribution in [0.2, 0.25) is 5.02 Å². The summed E-state index contributed by atoms with van der Waals surface area (Å²) in [6, 6.07) is 5.10. The van der Waals surface area contributed by atoms with Gasteiger partial charge in [0.15, 0.2) is 0 Å². The molecule has 1 aromatic rings. The van der Waals surface area contributed by atoms with E-state index in [0.29, 0.717) is 22.8 Å². The van der Waals surface area contributed by atoms with Gasteiger partial charge in [0.05, 0.1) is 17.3 Å². The maximum absolute atomic E-state index is 11.8. The molecule has 0 aliphatic rings. The van der Waals surface area contributed by atoms with Crippen molar-refractivity contribution in [2.45, 2.75) is 6.43 Å². The van der Waals surface area contributed by atoms with Crippen molar-refractivity contribution in [3.05, 3.63) is 28.8 Å². The summed E-state index contributed by atoms with van der Waals surface area (Å²) in [4.78, 5) is 0.267. The summed E-state index contributed by atoms with van der Waals surface area (Å²) in [5.74, 6) is 0. The Hall–Kier alpha value is -0.980. The molecular formula is C11H13ClF2N2OS. The van der Waals surface area contributed by atoms with Crippen LogP contribution in [0.15, 0.2) is 18.2 Å². The Morgan fingerprint density at radius 3 is 2.78 bits per heavy atom. The van der Waals surface area contributed by atoms with E-state index in [1.54, 1.807) is 18.2 Å². The van der Waals surface area contributed by atoms with Gasteiger partial charge in [-0.25, -0.2) is 8.78 Å². The molecule has 100 valence electrons. The first-order valence-corrected chi connectivity index (χ1v) is 5.98. The quantitative estimate of drug-likeness (QED) is 0.599. The van der Waals surface area contributed by atoms with Crippen molar-refractivity contribution in [2.75, 3.05) is 25.1 Å². The van der Waals surface area contributed by atoms with Gasteiger partial charge in [0, 0.05) is 12.1 Å². The minimum Gasteiger partial charge on any atom is -0.389 e. The van der Waals surface area contributed by atoms with Crippen molar-refractivity contribution in [1.82, 2.24) is 0 Å². The average molecular weight is 295 g/mol. The Morgan fingerprint density at radius 1 is 1.50 bits per heavy atom. The number of ether oxygens (including phenoxy) is 1. The van der Waals surface area contributed by atoms with Gasteiger partial charge in [-0.3, -0.25) is 0 Å². The van der Waals surface area contributed by atoms with E-state index >= 15 is 0 Å². The molecule has 0 fully saturated rings. The van der Waals surface area contributed by atoms with Crippen LogP contribution in [0.3, 0.4) is 0 Å². The van der Waals surface area contributed by atoms with Crippen LogP contribution in [0.4, 0.5) is 14.5 Å². The van der Waals surface area contributed by atoms with Crippen LogP contribution in [0.1, 0.15) is 5.56 Å². The first-order chi connectivity index (χ1) is 8.50. The zero-order valence-corrected chi connectivity index (χ0v) is 11.0. The number of thiocarbonyl (C=S) groups is 1. The van der Waals surface area contributed by atoms with Crippen molar-refractivity contribution in [3.8, 4) is 0 Å². The van der Waals surface area contributed by atoms with Crippen molar-refractivity contribution in [1.29, 1.82) is 0 Å². The van der Waals surface area contributed by atoms with Gasteiger partial charge in [0.1, 0.15) is 11.6 Å². The van der Waals surface area contributed by atoms with E-state index in [2.05, 4.69) is 5.32 Å². The Bertz CT molecular complexity index is 418. The number of hydrogen-bond acceptors (Lipinski definition) is 3. The number of halogens is 3. The number of benzene rings is 1. The minimum absolute atomic E-state index is 0.178. The highest BCUT2D eigenvalue weighted by atomic mass is 35.5. The number of nitrogens with two attached hydrogens (primary N) is 1. The van der Waals surface area contributed by atoms with Gasteiger partial charge in [-0.05, 0) is 18.2 Å². The molecule has 0 spiro atoms. The largest absolute Gasteiger partial charge is 0.389 e. The van der Waals surface area contributed by atoms with Gasteiger partial charge < -0.3 is 15.8 Å². The van der Waals surface area contributed by atoms with Gasteiger partial charge in [-0.2, -0.15) is 0 Å². The fourth-order valence-corrected chi connectivity index (χ4v) is 1.62. The lowest BCUT2D eigenvalue weighted by Gasteiger charge is -2.10. The van der Waals surface area contributed by atoms with Crippen LogP contribution in [0, 0.1) is 0 Å². The van der Waals surface area contributed by atoms with Crippen molar-refractivity contribution in [2.24, 2.45) is 5.73 Å². The summed E-state index contributed by atoms with van der Waals surface area (Å²) < 4.78 is 28.3. The lowest BCUT2D eigenvalue weighted by Crippen LogP contribution is -2.14. The van der Waals surface area contributed by atoms with Crippen LogP contribution in [0.25, 0.3) is 0 Å². The van der Waals surface area contributed by atoms with Crippen LogP contribution in [-0.4, -0.2) is 31.2 Å². The van der Waals surface area contributed by atoms with E-state index in [9.17, 15) is 8.78 Å². The molecule has 0 aliphatic heterocycles. The van der Waals surface area contributed by atoms with E-state index in [1.807, 2.05) is 0 Å². The smallest absolute Gasteiger partial charge is 0.261 e. The first kappa shape index (κ1) is 15.1. The second kappa shape index (κ2) is 7.45. The molecule has 1 aromatic carbocycles. The zero-order chi connectivity index (χ0) is 13.5. The molecule has 0 heterocycles. The standard InChI is InChI=1S/C11H13ClF2N2OS/c12-8-5-7(11(15)18)1-2-9(8)16-3-4-17-6-10(13)14/h1-2,5,10,16H,3-4,6H2,(H2,15,18). The van der Waals surface area contributed by atoms with Crippen LogP contribution in [0.5, 0.6) is 0 Å². The summed E-state index contributed by atoms with van der Waals surface area (Å²) >= 11 is 10.8. The predicted molar refractivity (Wildman–Crippen MR) is 72.7 cm³/mol. The molecule has 0 saturated heterocycles. The van der Waals surface area contributed by atoms with Crippen LogP contribution < -0.4 is 11.1 Å². The Labute approximate surface area is 114 Å². The average Bonchev–Trinajstić information content (AvgIpc) is 2.29. The number of hydrogen-bond donors (Lipinski definition) is 2. The van der Waals surface area contributed by atoms with Gasteiger partial charge in [-0.15, -0.1) is 0 Å². The highest BCUT2D eigenvalue weighted by molar-refractivity contribution is 7.80. The highest BCUT2D eigenvalue weighted by Crippen LogP contribution is 2.22. The molecule has 0 radical (unpaired) electrons. The molecule has 3 N–H and O–H groups in total. The van der Waals surface area contributed by atoms with Gasteiger partial charge >= 0.3 is 0 Å².